The molecule has 0 aliphatic rings. The smallest absolute Gasteiger partial charge is 0.220 e. The second-order valence-electron chi connectivity index (χ2n) is 3.08. The van der Waals surface area contributed by atoms with Crippen LogP contribution in [0.3, 0.4) is 0 Å². The summed E-state index contributed by atoms with van der Waals surface area (Å²) in [6.45, 7) is 2.28. The van der Waals surface area contributed by atoms with Crippen molar-refractivity contribution in [2.45, 2.75) is 32.6 Å². The van der Waals surface area contributed by atoms with Crippen molar-refractivity contribution in [3.05, 3.63) is 0 Å². The molecule has 0 aromatic carbocycles. The summed E-state index contributed by atoms with van der Waals surface area (Å²) in [6.07, 6.45) is 3.28. The van der Waals surface area contributed by atoms with Gasteiger partial charge in [0, 0.05) is 6.42 Å². The van der Waals surface area contributed by atoms with Gasteiger partial charge in [-0.05, 0) is 26.3 Å². The summed E-state index contributed by atoms with van der Waals surface area (Å²) in [5.41, 5.74) is 5.30. The van der Waals surface area contributed by atoms with Gasteiger partial charge < -0.3 is 11.1 Å². The largest absolute Gasteiger partial charge is 0.349 e. The van der Waals surface area contributed by atoms with Crippen LogP contribution < -0.4 is 11.1 Å². The van der Waals surface area contributed by atoms with E-state index in [1.165, 1.54) is 6.92 Å². The molecule has 0 bridgehead atoms. The van der Waals surface area contributed by atoms with Gasteiger partial charge >= 0.3 is 0 Å². The van der Waals surface area contributed by atoms with E-state index in [-0.39, 0.29) is 18.2 Å². The molecular weight excluding hydrogens is 168 g/mol. The number of amides is 1. The highest BCUT2D eigenvalue weighted by Crippen LogP contribution is 1.97. The molecular formula is C9H18N2O2. The van der Waals surface area contributed by atoms with Crippen LogP contribution in [0.2, 0.25) is 0 Å². The average molecular weight is 186 g/mol. The average Bonchev–Trinajstić information content (AvgIpc) is 2.09. The molecule has 0 radical (unpaired) electrons. The molecule has 76 valence electrons. The highest BCUT2D eigenvalue weighted by Gasteiger charge is 2.00. The highest BCUT2D eigenvalue weighted by molar-refractivity contribution is 5.84. The Labute approximate surface area is 78.9 Å². The Bertz CT molecular complexity index is 169. The first kappa shape index (κ1) is 12.1. The third-order valence-electron chi connectivity index (χ3n) is 1.64. The molecule has 0 aromatic rings. The van der Waals surface area contributed by atoms with Crippen molar-refractivity contribution in [1.29, 1.82) is 0 Å². The number of nitrogens with two attached hydrogens (primary N) is 1. The van der Waals surface area contributed by atoms with E-state index in [1.807, 2.05) is 0 Å². The maximum absolute atomic E-state index is 11.0. The molecule has 0 aromatic heterocycles. The molecule has 1 amide bonds. The van der Waals surface area contributed by atoms with Crippen molar-refractivity contribution in [2.24, 2.45) is 5.73 Å². The van der Waals surface area contributed by atoms with Crippen LogP contribution in [0.5, 0.6) is 0 Å². The zero-order chi connectivity index (χ0) is 10.1. The normalized spacial score (nSPS) is 9.69. The number of hydrogen-bond acceptors (Lipinski definition) is 3. The summed E-state index contributed by atoms with van der Waals surface area (Å²) in [7, 11) is 0. The molecule has 0 atom stereocenters. The molecule has 0 heterocycles. The third kappa shape index (κ3) is 9.01. The minimum Gasteiger partial charge on any atom is -0.349 e. The minimum absolute atomic E-state index is 0.0182. The molecule has 0 aliphatic heterocycles. The van der Waals surface area contributed by atoms with Gasteiger partial charge in [-0.1, -0.05) is 6.42 Å². The van der Waals surface area contributed by atoms with Crippen LogP contribution in [0.4, 0.5) is 0 Å². The Balaban J connectivity index is 3.25. The van der Waals surface area contributed by atoms with Crippen molar-refractivity contribution in [3.63, 3.8) is 0 Å². The number of hydrogen-bond donors (Lipinski definition) is 2. The molecule has 0 saturated heterocycles. The Morgan fingerprint density at radius 2 is 1.92 bits per heavy atom. The number of ketones is 1. The van der Waals surface area contributed by atoms with Crippen molar-refractivity contribution in [2.75, 3.05) is 13.1 Å². The van der Waals surface area contributed by atoms with Gasteiger partial charge in [0.05, 0.1) is 6.54 Å². The summed E-state index contributed by atoms with van der Waals surface area (Å²) in [5.74, 6) is -0.0671. The fraction of sp³-hybridized carbons (Fsp3) is 0.778. The van der Waals surface area contributed by atoms with E-state index >= 15 is 0 Å². The quantitative estimate of drug-likeness (QED) is 0.558. The van der Waals surface area contributed by atoms with Gasteiger partial charge in [0.1, 0.15) is 5.78 Å². The van der Waals surface area contributed by atoms with Crippen LogP contribution in [0.15, 0.2) is 0 Å². The third-order valence-corrected chi connectivity index (χ3v) is 1.64. The Morgan fingerprint density at radius 1 is 1.23 bits per heavy atom. The molecule has 0 aliphatic carbocycles. The van der Waals surface area contributed by atoms with E-state index in [9.17, 15) is 9.59 Å². The number of Topliss-reactive ketones (excluding diaryl/α,β-unsaturated/α-hetero) is 1. The maximum Gasteiger partial charge on any atom is 0.220 e. The van der Waals surface area contributed by atoms with Gasteiger partial charge in [-0.3, -0.25) is 9.59 Å². The summed E-state index contributed by atoms with van der Waals surface area (Å²) in [4.78, 5) is 21.5. The van der Waals surface area contributed by atoms with Gasteiger partial charge in [-0.25, -0.2) is 0 Å². The highest BCUT2D eigenvalue weighted by atomic mass is 16.2. The molecule has 0 saturated carbocycles. The molecule has 3 N–H and O–H groups in total. The number of nitrogens with one attached hydrogen (secondary N) is 1. The standard InChI is InChI=1S/C9H18N2O2/c1-8(12)7-11-9(13)5-3-2-4-6-10/h2-7,10H2,1H3,(H,11,13). The molecule has 0 spiro atoms. The van der Waals surface area contributed by atoms with Crippen molar-refractivity contribution in [1.82, 2.24) is 5.32 Å². The lowest BCUT2D eigenvalue weighted by atomic mass is 10.2. The predicted octanol–water partition coefficient (Wildman–Crippen LogP) is 0.211. The SMILES string of the molecule is CC(=O)CNC(=O)CCCCCN. The van der Waals surface area contributed by atoms with Gasteiger partial charge in [-0.2, -0.15) is 0 Å². The summed E-state index contributed by atoms with van der Waals surface area (Å²) < 4.78 is 0. The molecule has 0 fully saturated rings. The van der Waals surface area contributed by atoms with E-state index in [2.05, 4.69) is 5.32 Å². The fourth-order valence-electron chi connectivity index (χ4n) is 0.918. The summed E-state index contributed by atoms with van der Waals surface area (Å²) >= 11 is 0. The molecule has 4 heteroatoms. The van der Waals surface area contributed by atoms with Crippen molar-refractivity contribution >= 4 is 11.7 Å². The maximum atomic E-state index is 11.0. The zero-order valence-corrected chi connectivity index (χ0v) is 8.14. The minimum atomic E-state index is -0.0489. The first-order chi connectivity index (χ1) is 6.16. The monoisotopic (exact) mass is 186 g/mol. The zero-order valence-electron chi connectivity index (χ0n) is 8.14. The van der Waals surface area contributed by atoms with E-state index in [1.54, 1.807) is 0 Å². The van der Waals surface area contributed by atoms with E-state index < -0.39 is 0 Å². The van der Waals surface area contributed by atoms with Gasteiger partial charge in [0.15, 0.2) is 0 Å². The second kappa shape index (κ2) is 7.73. The van der Waals surface area contributed by atoms with Crippen LogP contribution in [0.25, 0.3) is 0 Å². The van der Waals surface area contributed by atoms with Crippen LogP contribution in [0, 0.1) is 0 Å². The van der Waals surface area contributed by atoms with E-state index in [0.717, 1.165) is 19.3 Å². The van der Waals surface area contributed by atoms with Crippen molar-refractivity contribution < 1.29 is 9.59 Å². The van der Waals surface area contributed by atoms with E-state index in [4.69, 9.17) is 5.73 Å². The number of unbranched alkanes of at least 4 members (excludes halogenated alkanes) is 2. The van der Waals surface area contributed by atoms with Gasteiger partial charge in [0.2, 0.25) is 5.91 Å². The Morgan fingerprint density at radius 3 is 2.46 bits per heavy atom. The summed E-state index contributed by atoms with van der Waals surface area (Å²) in [5, 5.41) is 2.54. The molecule has 0 rings (SSSR count). The first-order valence-corrected chi connectivity index (χ1v) is 4.63. The number of carbonyl (C=O) groups is 2. The Hall–Kier alpha value is -0.900. The second-order valence-corrected chi connectivity index (χ2v) is 3.08. The van der Waals surface area contributed by atoms with Crippen LogP contribution in [0.1, 0.15) is 32.6 Å². The van der Waals surface area contributed by atoms with Gasteiger partial charge in [-0.15, -0.1) is 0 Å². The number of rotatable bonds is 7. The van der Waals surface area contributed by atoms with Crippen LogP contribution in [-0.4, -0.2) is 24.8 Å². The predicted molar refractivity (Wildman–Crippen MR) is 51.2 cm³/mol. The lowest BCUT2D eigenvalue weighted by Crippen LogP contribution is -2.27. The number of carbonyl (C=O) groups excluding carboxylic acids is 2. The molecule has 4 nitrogen and oxygen atoms in total. The van der Waals surface area contributed by atoms with E-state index in [0.29, 0.717) is 13.0 Å². The lowest BCUT2D eigenvalue weighted by molar-refractivity contribution is -0.124. The first-order valence-electron chi connectivity index (χ1n) is 4.63. The van der Waals surface area contributed by atoms with Crippen molar-refractivity contribution in [3.8, 4) is 0 Å². The summed E-state index contributed by atoms with van der Waals surface area (Å²) in [6, 6.07) is 0. The van der Waals surface area contributed by atoms with Gasteiger partial charge in [0.25, 0.3) is 0 Å². The molecule has 13 heavy (non-hydrogen) atoms. The fourth-order valence-corrected chi connectivity index (χ4v) is 0.918. The molecule has 0 unspecified atom stereocenters. The lowest BCUT2D eigenvalue weighted by Gasteiger charge is -2.01. The topological polar surface area (TPSA) is 72.2 Å². The Kier molecular flexibility index (Phi) is 7.20. The van der Waals surface area contributed by atoms with Crippen LogP contribution in [-0.2, 0) is 9.59 Å². The van der Waals surface area contributed by atoms with Crippen LogP contribution >= 0.6 is 0 Å².